The summed E-state index contributed by atoms with van der Waals surface area (Å²) < 4.78 is 5.54. The number of ether oxygens (including phenoxy) is 1. The van der Waals surface area contributed by atoms with E-state index in [1.54, 1.807) is 12.1 Å². The molecule has 0 spiro atoms. The Bertz CT molecular complexity index is 435. The van der Waals surface area contributed by atoms with Gasteiger partial charge >= 0.3 is 0 Å². The van der Waals surface area contributed by atoms with Crippen molar-refractivity contribution in [1.29, 1.82) is 0 Å². The highest BCUT2D eigenvalue weighted by Gasteiger charge is 2.26. The lowest BCUT2D eigenvalue weighted by Crippen LogP contribution is -2.48. The van der Waals surface area contributed by atoms with Gasteiger partial charge in [0.1, 0.15) is 0 Å². The molecule has 0 amide bonds. The molecule has 5 nitrogen and oxygen atoms in total. The number of rotatable bonds is 8. The van der Waals surface area contributed by atoms with Crippen LogP contribution in [0.2, 0.25) is 0 Å². The monoisotopic (exact) mass is 298 g/mol. The van der Waals surface area contributed by atoms with E-state index < -0.39 is 9.79 Å². The second-order valence-corrected chi connectivity index (χ2v) is 5.77. The van der Waals surface area contributed by atoms with E-state index in [2.05, 4.69) is 17.9 Å². The molecule has 1 N–H and O–H groups in total. The van der Waals surface area contributed by atoms with Crippen LogP contribution in [-0.2, 0) is 11.2 Å². The number of thiol groups is 1. The van der Waals surface area contributed by atoms with Gasteiger partial charge in [0.2, 0.25) is 0 Å². The Morgan fingerprint density at radius 3 is 2.55 bits per heavy atom. The average molecular weight is 298 g/mol. The summed E-state index contributed by atoms with van der Waals surface area (Å²) in [6.07, 6.45) is 0.778. The summed E-state index contributed by atoms with van der Waals surface area (Å²) in [6, 6.07) is 6.61. The predicted octanol–water partition coefficient (Wildman–Crippen LogP) is 2.80. The molecule has 0 aliphatic carbocycles. The maximum Gasteiger partial charge on any atom is 0.269 e. The summed E-state index contributed by atoms with van der Waals surface area (Å²) in [5.74, 6) is 0. The van der Waals surface area contributed by atoms with Crippen LogP contribution in [0.3, 0.4) is 0 Å². The second-order valence-electron chi connectivity index (χ2n) is 4.85. The molecule has 0 heterocycles. The van der Waals surface area contributed by atoms with Crippen LogP contribution < -0.4 is 5.32 Å². The third kappa shape index (κ3) is 5.11. The van der Waals surface area contributed by atoms with Crippen molar-refractivity contribution in [3.05, 3.63) is 39.9 Å². The molecule has 1 rings (SSSR count). The van der Waals surface area contributed by atoms with Crippen LogP contribution in [0, 0.1) is 10.1 Å². The van der Waals surface area contributed by atoms with Gasteiger partial charge in [0.25, 0.3) is 5.69 Å². The number of nitro benzene ring substituents is 1. The van der Waals surface area contributed by atoms with Crippen LogP contribution in [0.5, 0.6) is 0 Å². The minimum atomic E-state index is -0.406. The highest BCUT2D eigenvalue weighted by atomic mass is 32.1. The van der Waals surface area contributed by atoms with E-state index in [9.17, 15) is 10.1 Å². The van der Waals surface area contributed by atoms with Crippen LogP contribution in [0.15, 0.2) is 24.3 Å². The van der Waals surface area contributed by atoms with Crippen molar-refractivity contribution in [3.63, 3.8) is 0 Å². The van der Waals surface area contributed by atoms with Crippen molar-refractivity contribution >= 4 is 18.3 Å². The molecule has 1 aromatic rings. The van der Waals surface area contributed by atoms with Gasteiger partial charge in [-0.15, -0.1) is 0 Å². The maximum atomic E-state index is 10.6. The summed E-state index contributed by atoms with van der Waals surface area (Å²) in [6.45, 7) is 7.30. The molecule has 2 atom stereocenters. The van der Waals surface area contributed by atoms with Crippen molar-refractivity contribution in [2.24, 2.45) is 0 Å². The number of non-ortho nitro benzene ring substituents is 1. The first-order valence-corrected chi connectivity index (χ1v) is 7.14. The molecule has 2 unspecified atom stereocenters. The highest BCUT2D eigenvalue weighted by molar-refractivity contribution is 7.81. The number of nitro groups is 1. The number of hydrogen-bond donors (Lipinski definition) is 2. The maximum absolute atomic E-state index is 10.6. The molecule has 0 aliphatic rings. The van der Waals surface area contributed by atoms with E-state index in [0.717, 1.165) is 18.5 Å². The quantitative estimate of drug-likeness (QED) is 0.335. The van der Waals surface area contributed by atoms with E-state index in [1.807, 2.05) is 20.8 Å². The Morgan fingerprint density at radius 1 is 1.45 bits per heavy atom. The molecular formula is C14H22N2O3S. The molecule has 6 heteroatoms. The molecule has 0 aromatic heterocycles. The molecule has 112 valence electrons. The fourth-order valence-corrected chi connectivity index (χ4v) is 1.99. The summed E-state index contributed by atoms with van der Waals surface area (Å²) in [5, 5.41) is 13.9. The third-order valence-corrected chi connectivity index (χ3v) is 3.77. The molecule has 0 bridgehead atoms. The summed E-state index contributed by atoms with van der Waals surface area (Å²) in [5.41, 5.74) is 1.17. The Morgan fingerprint density at radius 2 is 2.05 bits per heavy atom. The van der Waals surface area contributed by atoms with Gasteiger partial charge in [-0.3, -0.25) is 10.1 Å². The standard InChI is InChI=1S/C14H22N2O3S/c1-4-19-11(2)14(3,20)15-10-9-12-5-7-13(8-6-12)16(17)18/h5-8,11,15,20H,4,9-10H2,1-3H3. The van der Waals surface area contributed by atoms with Crippen molar-refractivity contribution in [2.45, 2.75) is 38.2 Å². The van der Waals surface area contributed by atoms with Crippen molar-refractivity contribution < 1.29 is 9.66 Å². The van der Waals surface area contributed by atoms with Gasteiger partial charge in [-0.25, -0.2) is 0 Å². The second kappa shape index (κ2) is 7.61. The van der Waals surface area contributed by atoms with Crippen LogP contribution in [0.25, 0.3) is 0 Å². The minimum absolute atomic E-state index is 0.00676. The smallest absolute Gasteiger partial charge is 0.269 e. The average Bonchev–Trinajstić information content (AvgIpc) is 2.39. The molecule has 0 saturated heterocycles. The summed E-state index contributed by atoms with van der Waals surface area (Å²) in [4.78, 5) is 9.77. The number of benzene rings is 1. The van der Waals surface area contributed by atoms with Crippen LogP contribution in [0.1, 0.15) is 26.3 Å². The number of hydrogen-bond acceptors (Lipinski definition) is 5. The molecule has 0 aliphatic heterocycles. The number of nitrogens with zero attached hydrogens (tertiary/aromatic N) is 1. The van der Waals surface area contributed by atoms with Gasteiger partial charge in [0.05, 0.1) is 15.9 Å². The van der Waals surface area contributed by atoms with E-state index in [0.29, 0.717) is 6.61 Å². The SMILES string of the molecule is CCOC(C)C(C)(S)NCCc1ccc([N+](=O)[O-])cc1. The first-order chi connectivity index (χ1) is 9.36. The molecule has 0 radical (unpaired) electrons. The van der Waals surface area contributed by atoms with Crippen LogP contribution in [-0.4, -0.2) is 29.0 Å². The normalized spacial score (nSPS) is 15.6. The van der Waals surface area contributed by atoms with Gasteiger partial charge in [-0.2, -0.15) is 12.6 Å². The molecule has 0 saturated carbocycles. The Kier molecular flexibility index (Phi) is 6.45. The van der Waals surface area contributed by atoms with E-state index in [-0.39, 0.29) is 11.8 Å². The first-order valence-electron chi connectivity index (χ1n) is 6.69. The highest BCUT2D eigenvalue weighted by Crippen LogP contribution is 2.18. The van der Waals surface area contributed by atoms with Gasteiger partial charge in [-0.05, 0) is 32.8 Å². The van der Waals surface area contributed by atoms with E-state index in [4.69, 9.17) is 4.74 Å². The fraction of sp³-hybridized carbons (Fsp3) is 0.571. The van der Waals surface area contributed by atoms with Crippen molar-refractivity contribution in [2.75, 3.05) is 13.2 Å². The minimum Gasteiger partial charge on any atom is -0.376 e. The summed E-state index contributed by atoms with van der Waals surface area (Å²) >= 11 is 4.58. The lowest BCUT2D eigenvalue weighted by molar-refractivity contribution is -0.384. The third-order valence-electron chi connectivity index (χ3n) is 3.25. The Balaban J connectivity index is 2.45. The summed E-state index contributed by atoms with van der Waals surface area (Å²) in [7, 11) is 0. The molecular weight excluding hydrogens is 276 g/mol. The van der Waals surface area contributed by atoms with Crippen LogP contribution >= 0.6 is 12.6 Å². The van der Waals surface area contributed by atoms with Gasteiger partial charge in [0.15, 0.2) is 0 Å². The zero-order valence-corrected chi connectivity index (χ0v) is 13.0. The fourth-order valence-electron chi connectivity index (χ4n) is 1.80. The Labute approximate surface area is 125 Å². The molecule has 20 heavy (non-hydrogen) atoms. The zero-order chi connectivity index (χ0) is 15.2. The number of nitrogens with one attached hydrogen (secondary N) is 1. The van der Waals surface area contributed by atoms with E-state index >= 15 is 0 Å². The first kappa shape index (κ1) is 16.9. The van der Waals surface area contributed by atoms with Crippen molar-refractivity contribution in [1.82, 2.24) is 5.32 Å². The van der Waals surface area contributed by atoms with Crippen molar-refractivity contribution in [3.8, 4) is 0 Å². The lowest BCUT2D eigenvalue weighted by atomic mass is 10.1. The van der Waals surface area contributed by atoms with Gasteiger partial charge in [0, 0.05) is 25.3 Å². The van der Waals surface area contributed by atoms with Gasteiger partial charge in [-0.1, -0.05) is 12.1 Å². The van der Waals surface area contributed by atoms with Crippen LogP contribution in [0.4, 0.5) is 5.69 Å². The Hall–Kier alpha value is -1.11. The largest absolute Gasteiger partial charge is 0.376 e. The van der Waals surface area contributed by atoms with Gasteiger partial charge < -0.3 is 10.1 Å². The topological polar surface area (TPSA) is 64.4 Å². The predicted molar refractivity (Wildman–Crippen MR) is 83.3 cm³/mol. The molecule has 0 fully saturated rings. The zero-order valence-electron chi connectivity index (χ0n) is 12.1. The van der Waals surface area contributed by atoms with E-state index in [1.165, 1.54) is 12.1 Å². The molecule has 1 aromatic carbocycles. The lowest BCUT2D eigenvalue weighted by Gasteiger charge is -2.31.